The van der Waals surface area contributed by atoms with Gasteiger partial charge in [0.05, 0.1) is 6.54 Å². The predicted molar refractivity (Wildman–Crippen MR) is 74.7 cm³/mol. The fraction of sp³-hybridized carbons (Fsp3) is 1.00. The number of hydrogen-bond donors (Lipinski definition) is 1. The summed E-state index contributed by atoms with van der Waals surface area (Å²) in [7, 11) is 0. The topological polar surface area (TPSA) is 15.3 Å². The molecule has 20 heavy (non-hydrogen) atoms. The van der Waals surface area contributed by atoms with E-state index in [1.165, 1.54) is 0 Å². The second kappa shape index (κ2) is 5.84. The zero-order valence-corrected chi connectivity index (χ0v) is 12.8. The van der Waals surface area contributed by atoms with Gasteiger partial charge in [0.2, 0.25) is 0 Å². The highest BCUT2D eigenvalue weighted by molar-refractivity contribution is 5.04. The van der Waals surface area contributed by atoms with E-state index in [9.17, 15) is 13.2 Å². The first kappa shape index (κ1) is 16.1. The maximum absolute atomic E-state index is 12.9. The molecule has 0 amide bonds. The van der Waals surface area contributed by atoms with E-state index >= 15 is 0 Å². The average molecular weight is 292 g/mol. The fourth-order valence-corrected chi connectivity index (χ4v) is 3.56. The number of nitrogens with one attached hydrogen (secondary N) is 1. The molecule has 2 nitrogen and oxygen atoms in total. The van der Waals surface area contributed by atoms with E-state index in [4.69, 9.17) is 0 Å². The van der Waals surface area contributed by atoms with E-state index in [1.54, 1.807) is 4.90 Å². The van der Waals surface area contributed by atoms with Crippen molar-refractivity contribution >= 4 is 0 Å². The van der Waals surface area contributed by atoms with Crippen LogP contribution >= 0.6 is 0 Å². The Hall–Kier alpha value is -0.290. The largest absolute Gasteiger partial charge is 0.401 e. The second-order valence-corrected chi connectivity index (χ2v) is 7.05. The third kappa shape index (κ3) is 3.88. The van der Waals surface area contributed by atoms with Crippen molar-refractivity contribution in [3.05, 3.63) is 0 Å². The zero-order valence-electron chi connectivity index (χ0n) is 12.8. The van der Waals surface area contributed by atoms with Crippen molar-refractivity contribution in [2.24, 2.45) is 5.41 Å². The van der Waals surface area contributed by atoms with Gasteiger partial charge in [-0.05, 0) is 44.1 Å². The van der Waals surface area contributed by atoms with E-state index in [2.05, 4.69) is 26.1 Å². The van der Waals surface area contributed by atoms with Gasteiger partial charge >= 0.3 is 6.18 Å². The summed E-state index contributed by atoms with van der Waals surface area (Å²) in [4.78, 5) is 1.74. The fourth-order valence-electron chi connectivity index (χ4n) is 3.56. The Morgan fingerprint density at radius 2 is 1.85 bits per heavy atom. The number of nitrogens with zero attached hydrogens (tertiary/aromatic N) is 1. The van der Waals surface area contributed by atoms with Crippen molar-refractivity contribution in [3.8, 4) is 0 Å². The molecule has 2 atom stereocenters. The Morgan fingerprint density at radius 1 is 1.20 bits per heavy atom. The quantitative estimate of drug-likeness (QED) is 0.805. The SMILES string of the molecule is CCCNC1C(N(CC(F)(F)F)C2CC2)CCC1(C)C. The van der Waals surface area contributed by atoms with Crippen LogP contribution in [0.5, 0.6) is 0 Å². The molecular formula is C15H27F3N2. The van der Waals surface area contributed by atoms with Gasteiger partial charge in [-0.15, -0.1) is 0 Å². The summed E-state index contributed by atoms with van der Waals surface area (Å²) in [6, 6.07) is 0.359. The summed E-state index contributed by atoms with van der Waals surface area (Å²) < 4.78 is 38.6. The molecule has 0 heterocycles. The van der Waals surface area contributed by atoms with E-state index in [1.807, 2.05) is 0 Å². The molecule has 0 spiro atoms. The van der Waals surface area contributed by atoms with Crippen molar-refractivity contribution in [2.45, 2.75) is 77.2 Å². The summed E-state index contributed by atoms with van der Waals surface area (Å²) >= 11 is 0. The maximum Gasteiger partial charge on any atom is 0.401 e. The zero-order chi connectivity index (χ0) is 15.0. The van der Waals surface area contributed by atoms with Crippen LogP contribution < -0.4 is 5.32 Å². The van der Waals surface area contributed by atoms with E-state index < -0.39 is 12.7 Å². The van der Waals surface area contributed by atoms with Crippen LogP contribution in [-0.2, 0) is 0 Å². The number of alkyl halides is 3. The molecular weight excluding hydrogens is 265 g/mol. The second-order valence-electron chi connectivity index (χ2n) is 7.05. The first-order valence-electron chi connectivity index (χ1n) is 7.80. The molecule has 2 saturated carbocycles. The molecule has 2 rings (SSSR count). The highest BCUT2D eigenvalue weighted by atomic mass is 19.4. The van der Waals surface area contributed by atoms with Gasteiger partial charge in [0.25, 0.3) is 0 Å². The third-order valence-electron chi connectivity index (χ3n) is 4.73. The van der Waals surface area contributed by atoms with Crippen LogP contribution in [0.25, 0.3) is 0 Å². The van der Waals surface area contributed by atoms with Crippen LogP contribution in [0, 0.1) is 5.41 Å². The van der Waals surface area contributed by atoms with E-state index in [-0.39, 0.29) is 23.5 Å². The minimum Gasteiger partial charge on any atom is -0.312 e. The Kier molecular flexibility index (Phi) is 4.69. The number of hydrogen-bond acceptors (Lipinski definition) is 2. The Balaban J connectivity index is 2.10. The Labute approximate surface area is 120 Å². The lowest BCUT2D eigenvalue weighted by Gasteiger charge is -2.38. The molecule has 2 unspecified atom stereocenters. The smallest absolute Gasteiger partial charge is 0.312 e. The van der Waals surface area contributed by atoms with E-state index in [0.717, 1.165) is 38.6 Å². The molecule has 0 aromatic heterocycles. The lowest BCUT2D eigenvalue weighted by atomic mass is 9.86. The van der Waals surface area contributed by atoms with Crippen molar-refractivity contribution in [3.63, 3.8) is 0 Å². The number of halogens is 3. The Morgan fingerprint density at radius 3 is 2.35 bits per heavy atom. The van der Waals surface area contributed by atoms with Gasteiger partial charge in [-0.25, -0.2) is 0 Å². The Bertz CT molecular complexity index is 324. The first-order valence-corrected chi connectivity index (χ1v) is 7.80. The van der Waals surface area contributed by atoms with Crippen LogP contribution in [0.2, 0.25) is 0 Å². The van der Waals surface area contributed by atoms with Gasteiger partial charge in [0.15, 0.2) is 0 Å². The third-order valence-corrected chi connectivity index (χ3v) is 4.73. The highest BCUT2D eigenvalue weighted by Gasteiger charge is 2.49. The highest BCUT2D eigenvalue weighted by Crippen LogP contribution is 2.44. The van der Waals surface area contributed by atoms with Crippen LogP contribution in [0.1, 0.15) is 52.9 Å². The lowest BCUT2D eigenvalue weighted by molar-refractivity contribution is -0.153. The molecule has 0 radical (unpaired) electrons. The molecule has 2 aliphatic carbocycles. The van der Waals surface area contributed by atoms with Crippen LogP contribution in [0.4, 0.5) is 13.2 Å². The predicted octanol–water partition coefficient (Wildman–Crippen LogP) is 3.57. The minimum absolute atomic E-state index is 0.0330. The average Bonchev–Trinajstić information content (AvgIpc) is 3.09. The monoisotopic (exact) mass is 292 g/mol. The van der Waals surface area contributed by atoms with Crippen LogP contribution in [0.3, 0.4) is 0 Å². The summed E-state index contributed by atoms with van der Waals surface area (Å²) in [6.07, 6.45) is 0.648. The molecule has 2 aliphatic rings. The number of rotatable bonds is 6. The first-order chi connectivity index (χ1) is 9.24. The molecule has 0 aliphatic heterocycles. The molecule has 0 saturated heterocycles. The standard InChI is InChI=1S/C15H27F3N2/c1-4-9-19-13-12(7-8-14(13,2)3)20(11-5-6-11)10-15(16,17)18/h11-13,19H,4-10H2,1-3H3. The molecule has 0 bridgehead atoms. The van der Waals surface area contributed by atoms with Gasteiger partial charge < -0.3 is 5.32 Å². The summed E-state index contributed by atoms with van der Waals surface area (Å²) in [5.74, 6) is 0. The molecule has 118 valence electrons. The van der Waals surface area contributed by atoms with Crippen molar-refractivity contribution in [2.75, 3.05) is 13.1 Å². The van der Waals surface area contributed by atoms with Crippen LogP contribution in [-0.4, -0.2) is 42.3 Å². The van der Waals surface area contributed by atoms with E-state index in [0.29, 0.717) is 0 Å². The van der Waals surface area contributed by atoms with Gasteiger partial charge in [0, 0.05) is 18.1 Å². The summed E-state index contributed by atoms with van der Waals surface area (Å²) in [6.45, 7) is 6.59. The van der Waals surface area contributed by atoms with Crippen LogP contribution in [0.15, 0.2) is 0 Å². The lowest BCUT2D eigenvalue weighted by Crippen LogP contribution is -2.54. The van der Waals surface area contributed by atoms with Crippen molar-refractivity contribution in [1.82, 2.24) is 10.2 Å². The van der Waals surface area contributed by atoms with Gasteiger partial charge in [-0.3, -0.25) is 4.90 Å². The van der Waals surface area contributed by atoms with Gasteiger partial charge in [-0.2, -0.15) is 13.2 Å². The molecule has 0 aromatic rings. The summed E-state index contributed by atoms with van der Waals surface area (Å²) in [5, 5.41) is 3.51. The summed E-state index contributed by atoms with van der Waals surface area (Å²) in [5.41, 5.74) is 0.0819. The van der Waals surface area contributed by atoms with Gasteiger partial charge in [-0.1, -0.05) is 20.8 Å². The maximum atomic E-state index is 12.9. The van der Waals surface area contributed by atoms with Gasteiger partial charge in [0.1, 0.15) is 0 Å². The molecule has 2 fully saturated rings. The molecule has 1 N–H and O–H groups in total. The molecule has 5 heteroatoms. The minimum atomic E-state index is -4.09. The normalized spacial score (nSPS) is 30.1. The van der Waals surface area contributed by atoms with Crippen molar-refractivity contribution < 1.29 is 13.2 Å². The van der Waals surface area contributed by atoms with Crippen molar-refractivity contribution in [1.29, 1.82) is 0 Å². The molecule has 0 aromatic carbocycles.